The molecule has 2 aromatic rings. The molecule has 1 unspecified atom stereocenters. The quantitative estimate of drug-likeness (QED) is 0.820. The second-order valence-corrected chi connectivity index (χ2v) is 6.85. The number of likely N-dealkylation sites (tertiary alicyclic amines) is 2. The largest absolute Gasteiger partial charge is 0.359 e. The first-order chi connectivity index (χ1) is 12.7. The van der Waals surface area contributed by atoms with E-state index in [1.807, 2.05) is 27.8 Å². The van der Waals surface area contributed by atoms with Crippen molar-refractivity contribution >= 4 is 11.8 Å². The normalized spacial score (nSPS) is 21.0. The number of pyridine rings is 1. The fourth-order valence-corrected chi connectivity index (χ4v) is 3.73. The predicted octanol–water partition coefficient (Wildman–Crippen LogP) is 0.0460. The highest BCUT2D eigenvalue weighted by Crippen LogP contribution is 2.26. The Bertz CT molecular complexity index is 799. The van der Waals surface area contributed by atoms with Gasteiger partial charge in [-0.1, -0.05) is 0 Å². The van der Waals surface area contributed by atoms with Crippen molar-refractivity contribution in [2.75, 3.05) is 26.7 Å². The lowest BCUT2D eigenvalue weighted by Gasteiger charge is -2.44. The lowest BCUT2D eigenvalue weighted by atomic mass is 10.1. The van der Waals surface area contributed by atoms with E-state index in [2.05, 4.69) is 20.3 Å². The van der Waals surface area contributed by atoms with Gasteiger partial charge in [-0.15, -0.1) is 0 Å². The van der Waals surface area contributed by atoms with Gasteiger partial charge in [0.25, 0.3) is 0 Å². The average molecular weight is 354 g/mol. The molecule has 8 nitrogen and oxygen atoms in total. The van der Waals surface area contributed by atoms with Crippen molar-refractivity contribution in [1.82, 2.24) is 29.9 Å². The number of nitrogens with one attached hydrogen (secondary N) is 1. The minimum atomic E-state index is -0.213. The minimum absolute atomic E-state index is 0.0433. The van der Waals surface area contributed by atoms with Gasteiger partial charge in [-0.05, 0) is 18.2 Å². The Hall–Kier alpha value is -2.74. The third-order valence-corrected chi connectivity index (χ3v) is 5.17. The maximum absolute atomic E-state index is 12.2. The van der Waals surface area contributed by atoms with Gasteiger partial charge in [-0.2, -0.15) is 5.10 Å². The van der Waals surface area contributed by atoms with Crippen LogP contribution in [0.3, 0.4) is 0 Å². The summed E-state index contributed by atoms with van der Waals surface area (Å²) in [6.07, 6.45) is 5.63. The predicted molar refractivity (Wildman–Crippen MR) is 94.3 cm³/mol. The highest BCUT2D eigenvalue weighted by Gasteiger charge is 2.42. The monoisotopic (exact) mass is 354 g/mol. The Morgan fingerprint density at radius 3 is 2.69 bits per heavy atom. The van der Waals surface area contributed by atoms with Gasteiger partial charge in [0.15, 0.2) is 0 Å². The fraction of sp³-hybridized carbons (Fsp3) is 0.444. The molecule has 136 valence electrons. The number of carbonyl (C=O) groups excluding carboxylic acids is 2. The molecule has 2 aliphatic heterocycles. The van der Waals surface area contributed by atoms with Crippen LogP contribution in [0, 0.1) is 5.92 Å². The Balaban J connectivity index is 1.35. The van der Waals surface area contributed by atoms with Crippen LogP contribution in [0.1, 0.15) is 12.1 Å². The van der Waals surface area contributed by atoms with Crippen molar-refractivity contribution in [3.63, 3.8) is 0 Å². The van der Waals surface area contributed by atoms with Gasteiger partial charge in [-0.25, -0.2) is 4.68 Å². The minimum Gasteiger partial charge on any atom is -0.359 e. The standard InChI is InChI=1S/C18H22N6O2/c1-19-18(26)13-8-17(25)23(9-13)16-11-22(12-16)10-15-4-7-21-24(15)14-2-5-20-6-3-14/h2-7,13,16H,8-12H2,1H3,(H,19,26). The number of carbonyl (C=O) groups is 2. The number of hydrogen-bond donors (Lipinski definition) is 1. The smallest absolute Gasteiger partial charge is 0.225 e. The van der Waals surface area contributed by atoms with Crippen molar-refractivity contribution in [1.29, 1.82) is 0 Å². The molecule has 0 aliphatic carbocycles. The van der Waals surface area contributed by atoms with E-state index in [4.69, 9.17) is 0 Å². The van der Waals surface area contributed by atoms with Crippen LogP contribution >= 0.6 is 0 Å². The summed E-state index contributed by atoms with van der Waals surface area (Å²) in [6, 6.07) is 6.07. The molecule has 0 bridgehead atoms. The van der Waals surface area contributed by atoms with Gasteiger partial charge >= 0.3 is 0 Å². The Labute approximate surface area is 151 Å². The summed E-state index contributed by atoms with van der Waals surface area (Å²) in [5, 5.41) is 7.04. The summed E-state index contributed by atoms with van der Waals surface area (Å²) in [6.45, 7) is 2.97. The maximum Gasteiger partial charge on any atom is 0.225 e. The van der Waals surface area contributed by atoms with Crippen molar-refractivity contribution in [2.45, 2.75) is 19.0 Å². The lowest BCUT2D eigenvalue weighted by Crippen LogP contribution is -2.59. The third-order valence-electron chi connectivity index (χ3n) is 5.17. The van der Waals surface area contributed by atoms with E-state index in [1.54, 1.807) is 25.6 Å². The van der Waals surface area contributed by atoms with E-state index in [9.17, 15) is 9.59 Å². The number of nitrogens with zero attached hydrogens (tertiary/aromatic N) is 5. The van der Waals surface area contributed by atoms with Crippen LogP contribution in [0.2, 0.25) is 0 Å². The molecule has 2 amide bonds. The van der Waals surface area contributed by atoms with Crippen molar-refractivity contribution < 1.29 is 9.59 Å². The van der Waals surface area contributed by atoms with Gasteiger partial charge < -0.3 is 10.2 Å². The highest BCUT2D eigenvalue weighted by atomic mass is 16.2. The molecule has 0 aromatic carbocycles. The summed E-state index contributed by atoms with van der Waals surface area (Å²) in [5.41, 5.74) is 2.09. The molecule has 2 aliphatic rings. The van der Waals surface area contributed by atoms with E-state index in [-0.39, 0.29) is 23.8 Å². The average Bonchev–Trinajstić information content (AvgIpc) is 3.24. The van der Waals surface area contributed by atoms with E-state index in [0.717, 1.165) is 31.0 Å². The van der Waals surface area contributed by atoms with Crippen LogP contribution in [0.4, 0.5) is 0 Å². The van der Waals surface area contributed by atoms with Crippen molar-refractivity contribution in [3.8, 4) is 5.69 Å². The molecule has 4 heterocycles. The summed E-state index contributed by atoms with van der Waals surface area (Å²) >= 11 is 0. The molecule has 1 atom stereocenters. The van der Waals surface area contributed by atoms with Crippen LogP contribution in [-0.2, 0) is 16.1 Å². The first-order valence-corrected chi connectivity index (χ1v) is 8.82. The molecular formula is C18H22N6O2. The fourth-order valence-electron chi connectivity index (χ4n) is 3.73. The summed E-state index contributed by atoms with van der Waals surface area (Å²) < 4.78 is 1.91. The van der Waals surface area contributed by atoms with E-state index in [0.29, 0.717) is 13.0 Å². The van der Waals surface area contributed by atoms with Crippen LogP contribution < -0.4 is 5.32 Å². The summed E-state index contributed by atoms with van der Waals surface area (Å²) in [7, 11) is 1.62. The molecule has 0 saturated carbocycles. The van der Waals surface area contributed by atoms with Gasteiger partial charge in [0.2, 0.25) is 11.8 Å². The third kappa shape index (κ3) is 3.08. The zero-order chi connectivity index (χ0) is 18.1. The van der Waals surface area contributed by atoms with Crippen LogP contribution in [0.5, 0.6) is 0 Å². The molecular weight excluding hydrogens is 332 g/mol. The maximum atomic E-state index is 12.2. The first-order valence-electron chi connectivity index (χ1n) is 8.82. The van der Waals surface area contributed by atoms with Gasteiger partial charge in [0.1, 0.15) is 0 Å². The number of aromatic nitrogens is 3. The van der Waals surface area contributed by atoms with Crippen LogP contribution in [-0.4, -0.2) is 69.1 Å². The highest BCUT2D eigenvalue weighted by molar-refractivity contribution is 5.89. The van der Waals surface area contributed by atoms with E-state index >= 15 is 0 Å². The van der Waals surface area contributed by atoms with Crippen LogP contribution in [0.25, 0.3) is 5.69 Å². The molecule has 8 heteroatoms. The zero-order valence-corrected chi connectivity index (χ0v) is 14.7. The molecule has 2 fully saturated rings. The summed E-state index contributed by atoms with van der Waals surface area (Å²) in [4.78, 5) is 32.2. The van der Waals surface area contributed by atoms with Gasteiger partial charge in [0.05, 0.1) is 23.3 Å². The Morgan fingerprint density at radius 2 is 1.96 bits per heavy atom. The number of hydrogen-bond acceptors (Lipinski definition) is 5. The molecule has 4 rings (SSSR count). The Morgan fingerprint density at radius 1 is 1.19 bits per heavy atom. The van der Waals surface area contributed by atoms with Crippen LogP contribution in [0.15, 0.2) is 36.8 Å². The van der Waals surface area contributed by atoms with Gasteiger partial charge in [0, 0.05) is 58.2 Å². The van der Waals surface area contributed by atoms with E-state index < -0.39 is 0 Å². The van der Waals surface area contributed by atoms with Gasteiger partial charge in [-0.3, -0.25) is 19.5 Å². The SMILES string of the molecule is CNC(=O)C1CC(=O)N(C2CN(Cc3ccnn3-c3ccncc3)C2)C1. The summed E-state index contributed by atoms with van der Waals surface area (Å²) in [5.74, 6) is -0.168. The number of amides is 2. The van der Waals surface area contributed by atoms with Crippen molar-refractivity contribution in [2.24, 2.45) is 5.92 Å². The Kier molecular flexibility index (Phi) is 4.42. The molecule has 0 radical (unpaired) electrons. The number of rotatable bonds is 5. The second kappa shape index (κ2) is 6.87. The molecule has 26 heavy (non-hydrogen) atoms. The first kappa shape index (κ1) is 16.7. The van der Waals surface area contributed by atoms with E-state index in [1.165, 1.54) is 0 Å². The lowest BCUT2D eigenvalue weighted by molar-refractivity contribution is -0.133. The molecule has 2 saturated heterocycles. The van der Waals surface area contributed by atoms with Crippen molar-refractivity contribution in [3.05, 3.63) is 42.5 Å². The topological polar surface area (TPSA) is 83.4 Å². The molecule has 0 spiro atoms. The second-order valence-electron chi connectivity index (χ2n) is 6.85. The molecule has 1 N–H and O–H groups in total. The molecule has 2 aromatic heterocycles. The zero-order valence-electron chi connectivity index (χ0n) is 14.7.